The molecule has 0 aromatic heterocycles. The van der Waals surface area contributed by atoms with E-state index in [4.69, 9.17) is 9.47 Å². The summed E-state index contributed by atoms with van der Waals surface area (Å²) in [5, 5.41) is 0. The molecule has 0 amide bonds. The lowest BCUT2D eigenvalue weighted by Gasteiger charge is -2.58. The minimum absolute atomic E-state index is 0.0207. The summed E-state index contributed by atoms with van der Waals surface area (Å²) in [6.07, 6.45) is 6.37. The van der Waals surface area contributed by atoms with Crippen LogP contribution in [0.1, 0.15) is 59.3 Å². The van der Waals surface area contributed by atoms with Gasteiger partial charge in [-0.15, -0.1) is 0 Å². The molecule has 0 aromatic carbocycles. The van der Waals surface area contributed by atoms with Crippen molar-refractivity contribution in [2.75, 3.05) is 0 Å². The third-order valence-electron chi connectivity index (χ3n) is 5.89. The number of carbonyl (C=O) groups excluding carboxylic acids is 2. The van der Waals surface area contributed by atoms with Crippen molar-refractivity contribution in [1.82, 2.24) is 0 Å². The molecule has 4 fully saturated rings. The van der Waals surface area contributed by atoms with Crippen molar-refractivity contribution in [2.45, 2.75) is 71.0 Å². The van der Waals surface area contributed by atoms with Gasteiger partial charge in [-0.1, -0.05) is 33.9 Å². The zero-order valence-corrected chi connectivity index (χ0v) is 15.7. The number of hydrogen-bond donors (Lipinski definition) is 0. The third kappa shape index (κ3) is 3.68. The fourth-order valence-corrected chi connectivity index (χ4v) is 5.42. The van der Waals surface area contributed by atoms with Crippen molar-refractivity contribution in [1.29, 1.82) is 0 Å². The van der Waals surface area contributed by atoms with Gasteiger partial charge >= 0.3 is 11.9 Å². The molecule has 3 unspecified atom stereocenters. The molecule has 3 atom stereocenters. The molecule has 0 N–H and O–H groups in total. The van der Waals surface area contributed by atoms with E-state index in [1.165, 1.54) is 12.5 Å². The average molecular weight is 346 g/mol. The molecular weight excluding hydrogens is 316 g/mol. The van der Waals surface area contributed by atoms with Gasteiger partial charge in [-0.25, -0.2) is 9.59 Å². The number of ether oxygens (including phenoxy) is 2. The highest BCUT2D eigenvalue weighted by Crippen LogP contribution is 2.58. The predicted molar refractivity (Wildman–Crippen MR) is 95.7 cm³/mol. The van der Waals surface area contributed by atoms with Crippen molar-refractivity contribution in [3.63, 3.8) is 0 Å². The number of rotatable bonds is 5. The molecule has 138 valence electrons. The number of carbonyl (C=O) groups is 2. The summed E-state index contributed by atoms with van der Waals surface area (Å²) in [6, 6.07) is 0. The van der Waals surface area contributed by atoms with E-state index >= 15 is 0 Å². The van der Waals surface area contributed by atoms with E-state index in [0.717, 1.165) is 25.7 Å². The molecule has 4 aliphatic rings. The van der Waals surface area contributed by atoms with Crippen LogP contribution in [-0.4, -0.2) is 23.6 Å². The first kappa shape index (κ1) is 18.2. The molecule has 4 saturated carbocycles. The zero-order chi connectivity index (χ0) is 18.4. The van der Waals surface area contributed by atoms with Crippen LogP contribution in [0, 0.1) is 23.2 Å². The fraction of sp³-hybridized carbons (Fsp3) is 0.714. The Hall–Kier alpha value is -1.58. The molecule has 0 aliphatic heterocycles. The molecule has 25 heavy (non-hydrogen) atoms. The fourth-order valence-electron chi connectivity index (χ4n) is 5.42. The molecule has 4 nitrogen and oxygen atoms in total. The molecule has 0 radical (unpaired) electrons. The topological polar surface area (TPSA) is 52.6 Å². The summed E-state index contributed by atoms with van der Waals surface area (Å²) < 4.78 is 11.8. The van der Waals surface area contributed by atoms with Crippen LogP contribution in [0.3, 0.4) is 0 Å². The molecule has 4 heteroatoms. The van der Waals surface area contributed by atoms with Crippen molar-refractivity contribution in [3.05, 3.63) is 24.8 Å². The lowest BCUT2D eigenvalue weighted by atomic mass is 9.52. The van der Waals surface area contributed by atoms with Crippen LogP contribution >= 0.6 is 0 Å². The van der Waals surface area contributed by atoms with Gasteiger partial charge in [0.2, 0.25) is 0 Å². The van der Waals surface area contributed by atoms with Crippen LogP contribution in [0.25, 0.3) is 0 Å². The van der Waals surface area contributed by atoms with Crippen LogP contribution in [0.5, 0.6) is 0 Å². The highest BCUT2D eigenvalue weighted by molar-refractivity contribution is 5.88. The Morgan fingerprint density at radius 2 is 1.76 bits per heavy atom. The molecule has 0 heterocycles. The molecule has 0 aromatic rings. The number of esters is 2. The molecule has 4 bridgehead atoms. The van der Waals surface area contributed by atoms with Gasteiger partial charge in [0.25, 0.3) is 0 Å². The van der Waals surface area contributed by atoms with E-state index in [1.807, 2.05) is 0 Å². The van der Waals surface area contributed by atoms with Crippen LogP contribution in [-0.2, 0) is 19.1 Å². The molecule has 4 rings (SSSR count). The lowest BCUT2D eigenvalue weighted by Crippen LogP contribution is -2.63. The second-order valence-electron chi connectivity index (χ2n) is 9.46. The van der Waals surface area contributed by atoms with Gasteiger partial charge in [0.15, 0.2) is 0 Å². The Kier molecular flexibility index (Phi) is 4.59. The van der Waals surface area contributed by atoms with Crippen molar-refractivity contribution < 1.29 is 19.1 Å². The Bertz CT molecular complexity index is 584. The van der Waals surface area contributed by atoms with E-state index in [0.29, 0.717) is 23.8 Å². The van der Waals surface area contributed by atoms with Crippen LogP contribution in [0.15, 0.2) is 24.8 Å². The zero-order valence-electron chi connectivity index (χ0n) is 15.7. The third-order valence-corrected chi connectivity index (χ3v) is 5.89. The number of hydrogen-bond acceptors (Lipinski definition) is 4. The standard InChI is InChI=1S/C21H30O4/c1-6-17(22)25-21-11-14-7-15(12-21)9-16(8-14)18(21)24-19(23)13(2)10-20(3,4)5/h6,14-16,18H,1-2,7-12H2,3-5H3. The Labute approximate surface area is 150 Å². The summed E-state index contributed by atoms with van der Waals surface area (Å²) in [4.78, 5) is 24.6. The molecule has 0 spiro atoms. The smallest absolute Gasteiger partial charge is 0.333 e. The summed E-state index contributed by atoms with van der Waals surface area (Å²) in [6.45, 7) is 13.7. The van der Waals surface area contributed by atoms with E-state index in [-0.39, 0.29) is 23.4 Å². The van der Waals surface area contributed by atoms with Crippen molar-refractivity contribution in [2.24, 2.45) is 23.2 Å². The molecule has 4 aliphatic carbocycles. The highest BCUT2D eigenvalue weighted by Gasteiger charge is 2.61. The minimum Gasteiger partial charge on any atom is -0.454 e. The summed E-state index contributed by atoms with van der Waals surface area (Å²) in [7, 11) is 0. The van der Waals surface area contributed by atoms with Gasteiger partial charge in [-0.2, -0.15) is 0 Å². The first-order valence-corrected chi connectivity index (χ1v) is 9.36. The molecule has 0 saturated heterocycles. The van der Waals surface area contributed by atoms with Crippen LogP contribution in [0.4, 0.5) is 0 Å². The maximum absolute atomic E-state index is 12.6. The van der Waals surface area contributed by atoms with Crippen molar-refractivity contribution >= 4 is 11.9 Å². The summed E-state index contributed by atoms with van der Waals surface area (Å²) in [5.41, 5.74) is -0.197. The van der Waals surface area contributed by atoms with Gasteiger partial charge in [0.05, 0.1) is 0 Å². The Morgan fingerprint density at radius 3 is 2.28 bits per heavy atom. The monoisotopic (exact) mass is 346 g/mol. The van der Waals surface area contributed by atoms with Crippen LogP contribution in [0.2, 0.25) is 0 Å². The van der Waals surface area contributed by atoms with E-state index in [9.17, 15) is 9.59 Å². The average Bonchev–Trinajstić information content (AvgIpc) is 2.48. The maximum Gasteiger partial charge on any atom is 0.333 e. The van der Waals surface area contributed by atoms with Crippen molar-refractivity contribution in [3.8, 4) is 0 Å². The van der Waals surface area contributed by atoms with Gasteiger partial charge in [0, 0.05) is 17.6 Å². The van der Waals surface area contributed by atoms with E-state index in [1.54, 1.807) is 0 Å². The van der Waals surface area contributed by atoms with Gasteiger partial charge in [-0.3, -0.25) is 0 Å². The van der Waals surface area contributed by atoms with E-state index < -0.39 is 11.6 Å². The molecular formula is C21H30O4. The van der Waals surface area contributed by atoms with Gasteiger partial charge < -0.3 is 9.47 Å². The normalized spacial score (nSPS) is 36.0. The second-order valence-corrected chi connectivity index (χ2v) is 9.46. The predicted octanol–water partition coefficient (Wildman–Crippen LogP) is 4.20. The first-order chi connectivity index (χ1) is 11.6. The minimum atomic E-state index is -0.669. The lowest BCUT2D eigenvalue weighted by molar-refractivity contribution is -0.233. The summed E-state index contributed by atoms with van der Waals surface area (Å²) in [5.74, 6) is 0.666. The maximum atomic E-state index is 12.6. The van der Waals surface area contributed by atoms with Gasteiger partial charge in [-0.05, 0) is 55.8 Å². The van der Waals surface area contributed by atoms with Gasteiger partial charge in [0.1, 0.15) is 11.7 Å². The quantitative estimate of drug-likeness (QED) is 0.553. The Balaban J connectivity index is 1.78. The highest BCUT2D eigenvalue weighted by atomic mass is 16.6. The summed E-state index contributed by atoms with van der Waals surface area (Å²) >= 11 is 0. The first-order valence-electron chi connectivity index (χ1n) is 9.36. The second kappa shape index (κ2) is 6.30. The largest absolute Gasteiger partial charge is 0.454 e. The SMILES string of the molecule is C=CC(=O)OC12CC3CC(CC(C3)C1OC(=O)C(=C)CC(C)(C)C)C2. The van der Waals surface area contributed by atoms with E-state index in [2.05, 4.69) is 33.9 Å². The Morgan fingerprint density at radius 1 is 1.16 bits per heavy atom. The van der Waals surface area contributed by atoms with Crippen LogP contribution < -0.4 is 0 Å².